The van der Waals surface area contributed by atoms with Crippen LogP contribution in [0.25, 0.3) is 0 Å². The largest absolute Gasteiger partial charge is 0.497 e. The maximum atomic E-state index is 12.5. The second-order valence-corrected chi connectivity index (χ2v) is 7.02. The molecule has 3 rings (SSSR count). The molecule has 0 atom stereocenters. The smallest absolute Gasteiger partial charge is 0.252 e. The van der Waals surface area contributed by atoms with Gasteiger partial charge in [-0.1, -0.05) is 17.3 Å². The standard InChI is InChI=1S/C21H22N2O4S/c1-15-13-18(27-23-15)14-28-20-6-4-3-5-19(20)21(24)22-11-12-26-17-9-7-16(25-2)8-10-17/h3-10,13H,11-12,14H2,1-2H3,(H,22,24). The number of rotatable bonds is 9. The van der Waals surface area contributed by atoms with Crippen LogP contribution in [0.1, 0.15) is 21.8 Å². The minimum absolute atomic E-state index is 0.129. The molecule has 1 heterocycles. The van der Waals surface area contributed by atoms with E-state index in [-0.39, 0.29) is 5.91 Å². The van der Waals surface area contributed by atoms with Crippen LogP contribution in [0.4, 0.5) is 0 Å². The molecule has 1 N–H and O–H groups in total. The highest BCUT2D eigenvalue weighted by molar-refractivity contribution is 7.98. The fourth-order valence-corrected chi connectivity index (χ4v) is 3.44. The summed E-state index contributed by atoms with van der Waals surface area (Å²) >= 11 is 1.54. The quantitative estimate of drug-likeness (QED) is 0.432. The SMILES string of the molecule is COc1ccc(OCCNC(=O)c2ccccc2SCc2cc(C)no2)cc1. The first-order chi connectivity index (χ1) is 13.7. The van der Waals surface area contributed by atoms with E-state index in [1.165, 1.54) is 0 Å². The van der Waals surface area contributed by atoms with Crippen LogP contribution >= 0.6 is 11.8 Å². The number of ether oxygens (including phenoxy) is 2. The van der Waals surface area contributed by atoms with Gasteiger partial charge < -0.3 is 19.3 Å². The first kappa shape index (κ1) is 19.8. The Morgan fingerprint density at radius 1 is 1.14 bits per heavy atom. The normalized spacial score (nSPS) is 10.5. The van der Waals surface area contributed by atoms with Crippen molar-refractivity contribution in [2.75, 3.05) is 20.3 Å². The molecule has 0 aliphatic heterocycles. The molecule has 0 radical (unpaired) electrons. The van der Waals surface area contributed by atoms with Gasteiger partial charge in [0.05, 0.1) is 30.7 Å². The predicted molar refractivity (Wildman–Crippen MR) is 108 cm³/mol. The summed E-state index contributed by atoms with van der Waals surface area (Å²) in [6.45, 7) is 2.67. The summed E-state index contributed by atoms with van der Waals surface area (Å²) in [5, 5.41) is 6.78. The van der Waals surface area contributed by atoms with E-state index in [0.29, 0.717) is 24.5 Å². The zero-order chi connectivity index (χ0) is 19.8. The van der Waals surface area contributed by atoms with E-state index in [1.54, 1.807) is 18.9 Å². The Morgan fingerprint density at radius 2 is 1.89 bits per heavy atom. The molecular weight excluding hydrogens is 376 g/mol. The van der Waals surface area contributed by atoms with Crippen molar-refractivity contribution >= 4 is 17.7 Å². The number of hydrogen-bond acceptors (Lipinski definition) is 6. The highest BCUT2D eigenvalue weighted by atomic mass is 32.2. The highest BCUT2D eigenvalue weighted by Crippen LogP contribution is 2.26. The molecule has 6 nitrogen and oxygen atoms in total. The third-order valence-corrected chi connectivity index (χ3v) is 4.99. The van der Waals surface area contributed by atoms with Crippen LogP contribution in [-0.4, -0.2) is 31.3 Å². The summed E-state index contributed by atoms with van der Waals surface area (Å²) in [6.07, 6.45) is 0. The maximum Gasteiger partial charge on any atom is 0.252 e. The number of aryl methyl sites for hydroxylation is 1. The van der Waals surface area contributed by atoms with Gasteiger partial charge in [0.15, 0.2) is 0 Å². The van der Waals surface area contributed by atoms with Crippen LogP contribution in [0.15, 0.2) is 64.0 Å². The second-order valence-electron chi connectivity index (χ2n) is 6.00. The molecule has 146 valence electrons. The van der Waals surface area contributed by atoms with Crippen LogP contribution in [0.2, 0.25) is 0 Å². The third-order valence-electron chi connectivity index (χ3n) is 3.89. The minimum Gasteiger partial charge on any atom is -0.497 e. The van der Waals surface area contributed by atoms with Gasteiger partial charge in [0.25, 0.3) is 5.91 Å². The monoisotopic (exact) mass is 398 g/mol. The van der Waals surface area contributed by atoms with E-state index in [9.17, 15) is 4.79 Å². The first-order valence-electron chi connectivity index (χ1n) is 8.85. The lowest BCUT2D eigenvalue weighted by molar-refractivity contribution is 0.0944. The van der Waals surface area contributed by atoms with Crippen LogP contribution in [0.5, 0.6) is 11.5 Å². The van der Waals surface area contributed by atoms with Gasteiger partial charge in [0, 0.05) is 11.0 Å². The van der Waals surface area contributed by atoms with E-state index in [4.69, 9.17) is 14.0 Å². The van der Waals surface area contributed by atoms with Crippen LogP contribution in [0.3, 0.4) is 0 Å². The second kappa shape index (κ2) is 9.85. The van der Waals surface area contributed by atoms with Crippen LogP contribution < -0.4 is 14.8 Å². The zero-order valence-corrected chi connectivity index (χ0v) is 16.6. The summed E-state index contributed by atoms with van der Waals surface area (Å²) in [5.74, 6) is 2.77. The summed E-state index contributed by atoms with van der Waals surface area (Å²) < 4.78 is 16.0. The topological polar surface area (TPSA) is 73.6 Å². The first-order valence-corrected chi connectivity index (χ1v) is 9.83. The molecule has 3 aromatic rings. The third kappa shape index (κ3) is 5.53. The summed E-state index contributed by atoms with van der Waals surface area (Å²) in [6, 6.07) is 16.7. The van der Waals surface area contributed by atoms with E-state index >= 15 is 0 Å². The number of thioether (sulfide) groups is 1. The van der Waals surface area contributed by atoms with E-state index in [1.807, 2.05) is 61.5 Å². The molecular formula is C21H22N2O4S. The number of carbonyl (C=O) groups is 1. The molecule has 0 spiro atoms. The van der Waals surface area contributed by atoms with Crippen molar-refractivity contribution in [1.29, 1.82) is 0 Å². The number of methoxy groups -OCH3 is 1. The molecule has 2 aromatic carbocycles. The molecule has 0 bridgehead atoms. The van der Waals surface area contributed by atoms with Gasteiger partial charge in [-0.15, -0.1) is 11.8 Å². The molecule has 0 saturated heterocycles. The van der Waals surface area contributed by atoms with E-state index < -0.39 is 0 Å². The van der Waals surface area contributed by atoms with Gasteiger partial charge in [-0.2, -0.15) is 0 Å². The van der Waals surface area contributed by atoms with Gasteiger partial charge in [0.1, 0.15) is 23.9 Å². The lowest BCUT2D eigenvalue weighted by Crippen LogP contribution is -2.28. The number of aromatic nitrogens is 1. The van der Waals surface area contributed by atoms with Crippen molar-refractivity contribution in [2.24, 2.45) is 0 Å². The average molecular weight is 398 g/mol. The Labute approximate surface area is 168 Å². The Hall–Kier alpha value is -2.93. The molecule has 0 aliphatic rings. The molecule has 7 heteroatoms. The summed E-state index contributed by atoms with van der Waals surface area (Å²) in [4.78, 5) is 13.4. The highest BCUT2D eigenvalue weighted by Gasteiger charge is 2.12. The molecule has 0 unspecified atom stereocenters. The Morgan fingerprint density at radius 3 is 2.61 bits per heavy atom. The van der Waals surface area contributed by atoms with E-state index in [2.05, 4.69) is 10.5 Å². The molecule has 1 aromatic heterocycles. The molecule has 28 heavy (non-hydrogen) atoms. The van der Waals surface area contributed by atoms with Crippen molar-refractivity contribution in [3.8, 4) is 11.5 Å². The number of amides is 1. The van der Waals surface area contributed by atoms with Gasteiger partial charge in [-0.3, -0.25) is 4.79 Å². The molecule has 0 aliphatic carbocycles. The number of benzene rings is 2. The summed E-state index contributed by atoms with van der Waals surface area (Å²) in [7, 11) is 1.62. The summed E-state index contributed by atoms with van der Waals surface area (Å²) in [5.41, 5.74) is 1.48. The lowest BCUT2D eigenvalue weighted by Gasteiger charge is -2.10. The maximum absolute atomic E-state index is 12.5. The molecule has 0 saturated carbocycles. The molecule has 0 fully saturated rings. The van der Waals surface area contributed by atoms with Gasteiger partial charge >= 0.3 is 0 Å². The van der Waals surface area contributed by atoms with Gasteiger partial charge in [0.2, 0.25) is 0 Å². The fourth-order valence-electron chi connectivity index (χ4n) is 2.51. The number of carbonyl (C=O) groups excluding carboxylic acids is 1. The Kier molecular flexibility index (Phi) is 6.97. The predicted octanol–water partition coefficient (Wildman–Crippen LogP) is 4.09. The van der Waals surface area contributed by atoms with Crippen LogP contribution in [-0.2, 0) is 5.75 Å². The van der Waals surface area contributed by atoms with Crippen molar-refractivity contribution in [2.45, 2.75) is 17.6 Å². The van der Waals surface area contributed by atoms with Crippen molar-refractivity contribution < 1.29 is 18.8 Å². The Bertz CT molecular complexity index is 909. The zero-order valence-electron chi connectivity index (χ0n) is 15.8. The van der Waals surface area contributed by atoms with Gasteiger partial charge in [-0.05, 0) is 43.3 Å². The number of nitrogens with one attached hydrogen (secondary N) is 1. The fraction of sp³-hybridized carbons (Fsp3) is 0.238. The van der Waals surface area contributed by atoms with Crippen molar-refractivity contribution in [3.63, 3.8) is 0 Å². The number of nitrogens with zero attached hydrogens (tertiary/aromatic N) is 1. The lowest BCUT2D eigenvalue weighted by atomic mass is 10.2. The van der Waals surface area contributed by atoms with Gasteiger partial charge in [-0.25, -0.2) is 0 Å². The van der Waals surface area contributed by atoms with E-state index in [0.717, 1.165) is 27.8 Å². The molecule has 1 amide bonds. The minimum atomic E-state index is -0.129. The van der Waals surface area contributed by atoms with Crippen molar-refractivity contribution in [1.82, 2.24) is 10.5 Å². The van der Waals surface area contributed by atoms with Crippen LogP contribution in [0, 0.1) is 6.92 Å². The Balaban J connectivity index is 1.49. The average Bonchev–Trinajstić information content (AvgIpc) is 3.15. The van der Waals surface area contributed by atoms with Crippen molar-refractivity contribution in [3.05, 3.63) is 71.6 Å². The number of hydrogen-bond donors (Lipinski definition) is 1.